The molecule has 0 aromatic heterocycles. The number of hydrogen-bond acceptors (Lipinski definition) is 2. The zero-order chi connectivity index (χ0) is 14.9. The third-order valence-corrected chi connectivity index (χ3v) is 4.06. The minimum atomic E-state index is -0.920. The molecule has 1 aliphatic rings. The lowest BCUT2D eigenvalue weighted by molar-refractivity contribution is -0.149. The number of rotatable bonds is 3. The van der Waals surface area contributed by atoms with Gasteiger partial charge < -0.3 is 4.74 Å². The second kappa shape index (κ2) is 5.49. The molecule has 0 radical (unpaired) electrons. The molecule has 2 nitrogen and oxygen atoms in total. The molecular weight excluding hydrogens is 291 g/mol. The van der Waals surface area contributed by atoms with E-state index in [1.165, 1.54) is 6.07 Å². The molecule has 0 aliphatic carbocycles. The smallest absolute Gasteiger partial charge is 0.306 e. The summed E-state index contributed by atoms with van der Waals surface area (Å²) < 4.78 is 19.7. The fourth-order valence-corrected chi connectivity index (χ4v) is 2.92. The van der Waals surface area contributed by atoms with Crippen molar-refractivity contribution >= 4 is 17.6 Å². The molecule has 1 atom stereocenters. The van der Waals surface area contributed by atoms with Crippen LogP contribution in [-0.4, -0.2) is 5.97 Å². The van der Waals surface area contributed by atoms with Gasteiger partial charge in [-0.1, -0.05) is 41.9 Å². The van der Waals surface area contributed by atoms with Crippen LogP contribution in [-0.2, 0) is 21.6 Å². The molecule has 4 heteroatoms. The van der Waals surface area contributed by atoms with Gasteiger partial charge >= 0.3 is 5.97 Å². The van der Waals surface area contributed by atoms with Gasteiger partial charge in [0, 0.05) is 29.8 Å². The minimum absolute atomic E-state index is 0.285. The first kappa shape index (κ1) is 14.1. The summed E-state index contributed by atoms with van der Waals surface area (Å²) in [6, 6.07) is 13.8. The summed E-state index contributed by atoms with van der Waals surface area (Å²) in [7, 11) is 0. The number of esters is 1. The first-order valence-corrected chi connectivity index (χ1v) is 7.18. The molecule has 1 heterocycles. The van der Waals surface area contributed by atoms with Gasteiger partial charge in [-0.3, -0.25) is 4.79 Å². The molecule has 108 valence electrons. The van der Waals surface area contributed by atoms with E-state index in [1.54, 1.807) is 30.3 Å². The Bertz CT molecular complexity index is 669. The predicted molar refractivity (Wildman–Crippen MR) is 78.6 cm³/mol. The number of cyclic esters (lactones) is 1. The van der Waals surface area contributed by atoms with Crippen LogP contribution >= 0.6 is 11.6 Å². The molecule has 2 aromatic rings. The van der Waals surface area contributed by atoms with Crippen molar-refractivity contribution in [3.05, 3.63) is 70.5 Å². The SMILES string of the molecule is O=C1CCC(Cc2ccc(Cl)cc2)(c2ccccc2F)O1. The van der Waals surface area contributed by atoms with E-state index in [2.05, 4.69) is 0 Å². The van der Waals surface area contributed by atoms with E-state index in [1.807, 2.05) is 12.1 Å². The predicted octanol–water partition coefficient (Wildman–Crippen LogP) is 4.25. The van der Waals surface area contributed by atoms with Crippen LogP contribution in [0.3, 0.4) is 0 Å². The maximum Gasteiger partial charge on any atom is 0.306 e. The summed E-state index contributed by atoms with van der Waals surface area (Å²) >= 11 is 5.88. The van der Waals surface area contributed by atoms with Crippen molar-refractivity contribution in [2.75, 3.05) is 0 Å². The van der Waals surface area contributed by atoms with Crippen molar-refractivity contribution in [3.8, 4) is 0 Å². The average Bonchev–Trinajstić information content (AvgIpc) is 2.84. The van der Waals surface area contributed by atoms with Gasteiger partial charge in [0.15, 0.2) is 0 Å². The summed E-state index contributed by atoms with van der Waals surface area (Å²) in [6.45, 7) is 0. The number of halogens is 2. The second-order valence-electron chi connectivity index (χ2n) is 5.25. The molecule has 1 fully saturated rings. The minimum Gasteiger partial charge on any atom is -0.454 e. The normalized spacial score (nSPS) is 21.3. The highest BCUT2D eigenvalue weighted by atomic mass is 35.5. The first-order valence-electron chi connectivity index (χ1n) is 6.80. The molecule has 1 unspecified atom stereocenters. The number of carbonyl (C=O) groups excluding carboxylic acids is 1. The van der Waals surface area contributed by atoms with Crippen LogP contribution in [0, 0.1) is 5.82 Å². The van der Waals surface area contributed by atoms with Crippen molar-refractivity contribution in [2.24, 2.45) is 0 Å². The molecule has 0 bridgehead atoms. The van der Waals surface area contributed by atoms with E-state index < -0.39 is 5.60 Å². The largest absolute Gasteiger partial charge is 0.454 e. The van der Waals surface area contributed by atoms with Crippen molar-refractivity contribution in [1.29, 1.82) is 0 Å². The van der Waals surface area contributed by atoms with Gasteiger partial charge in [-0.2, -0.15) is 0 Å². The van der Waals surface area contributed by atoms with Crippen LogP contribution in [0.15, 0.2) is 48.5 Å². The number of carbonyl (C=O) groups is 1. The van der Waals surface area contributed by atoms with Crippen LogP contribution in [0.2, 0.25) is 5.02 Å². The number of ether oxygens (including phenoxy) is 1. The fourth-order valence-electron chi connectivity index (χ4n) is 2.80. The summed E-state index contributed by atoms with van der Waals surface area (Å²) in [5.41, 5.74) is 0.471. The second-order valence-corrected chi connectivity index (χ2v) is 5.69. The summed E-state index contributed by atoms with van der Waals surface area (Å²) in [4.78, 5) is 11.6. The lowest BCUT2D eigenvalue weighted by atomic mass is 9.84. The van der Waals surface area contributed by atoms with Crippen molar-refractivity contribution in [2.45, 2.75) is 24.9 Å². The third kappa shape index (κ3) is 2.79. The summed E-state index contributed by atoms with van der Waals surface area (Å²) in [6.07, 6.45) is 1.23. The zero-order valence-corrected chi connectivity index (χ0v) is 12.1. The van der Waals surface area contributed by atoms with Crippen LogP contribution in [0.1, 0.15) is 24.0 Å². The van der Waals surface area contributed by atoms with Gasteiger partial charge in [-0.25, -0.2) is 4.39 Å². The van der Waals surface area contributed by atoms with E-state index in [-0.39, 0.29) is 11.8 Å². The molecule has 0 saturated carbocycles. The zero-order valence-electron chi connectivity index (χ0n) is 11.3. The molecule has 1 aliphatic heterocycles. The average molecular weight is 305 g/mol. The van der Waals surface area contributed by atoms with Crippen LogP contribution in [0.4, 0.5) is 4.39 Å². The van der Waals surface area contributed by atoms with Gasteiger partial charge in [-0.05, 0) is 23.8 Å². The molecule has 0 N–H and O–H groups in total. The summed E-state index contributed by atoms with van der Waals surface area (Å²) in [5.74, 6) is -0.631. The Hall–Kier alpha value is -1.87. The molecule has 1 saturated heterocycles. The molecule has 2 aromatic carbocycles. The third-order valence-electron chi connectivity index (χ3n) is 3.81. The van der Waals surface area contributed by atoms with Crippen LogP contribution in [0.5, 0.6) is 0 Å². The monoisotopic (exact) mass is 304 g/mol. The van der Waals surface area contributed by atoms with Crippen molar-refractivity contribution < 1.29 is 13.9 Å². The maximum atomic E-state index is 14.2. The quantitative estimate of drug-likeness (QED) is 0.792. The van der Waals surface area contributed by atoms with E-state index in [0.717, 1.165) is 5.56 Å². The highest BCUT2D eigenvalue weighted by Gasteiger charge is 2.43. The molecule has 21 heavy (non-hydrogen) atoms. The Morgan fingerprint density at radius 2 is 1.86 bits per heavy atom. The van der Waals surface area contributed by atoms with Gasteiger partial charge in [0.1, 0.15) is 11.4 Å². The maximum absolute atomic E-state index is 14.2. The Morgan fingerprint density at radius 3 is 2.48 bits per heavy atom. The molecular formula is C17H14ClFO2. The lowest BCUT2D eigenvalue weighted by Crippen LogP contribution is -2.29. The Labute approximate surface area is 127 Å². The van der Waals surface area contributed by atoms with E-state index in [4.69, 9.17) is 16.3 Å². The Balaban J connectivity index is 2.00. The lowest BCUT2D eigenvalue weighted by Gasteiger charge is -2.28. The van der Waals surface area contributed by atoms with E-state index in [0.29, 0.717) is 29.8 Å². The molecule has 3 rings (SSSR count). The fraction of sp³-hybridized carbons (Fsp3) is 0.235. The first-order chi connectivity index (χ1) is 10.1. The van der Waals surface area contributed by atoms with Gasteiger partial charge in [0.05, 0.1) is 0 Å². The van der Waals surface area contributed by atoms with Crippen molar-refractivity contribution in [3.63, 3.8) is 0 Å². The van der Waals surface area contributed by atoms with Gasteiger partial charge in [0.25, 0.3) is 0 Å². The Morgan fingerprint density at radius 1 is 1.14 bits per heavy atom. The number of benzene rings is 2. The molecule has 0 amide bonds. The van der Waals surface area contributed by atoms with Crippen molar-refractivity contribution in [1.82, 2.24) is 0 Å². The van der Waals surface area contributed by atoms with E-state index >= 15 is 0 Å². The topological polar surface area (TPSA) is 26.3 Å². The van der Waals surface area contributed by atoms with E-state index in [9.17, 15) is 9.18 Å². The van der Waals surface area contributed by atoms with Gasteiger partial charge in [-0.15, -0.1) is 0 Å². The van der Waals surface area contributed by atoms with Crippen LogP contribution in [0.25, 0.3) is 0 Å². The Kier molecular flexibility index (Phi) is 3.68. The summed E-state index contributed by atoms with van der Waals surface area (Å²) in [5, 5.41) is 0.641. The van der Waals surface area contributed by atoms with Gasteiger partial charge in [0.2, 0.25) is 0 Å². The number of hydrogen-bond donors (Lipinski definition) is 0. The highest BCUT2D eigenvalue weighted by molar-refractivity contribution is 6.30. The highest BCUT2D eigenvalue weighted by Crippen LogP contribution is 2.41. The molecule has 0 spiro atoms. The van der Waals surface area contributed by atoms with Crippen LogP contribution < -0.4 is 0 Å². The standard InChI is InChI=1S/C17H14ClFO2/c18-13-7-5-12(6-8-13)11-17(10-9-16(20)21-17)14-3-1-2-4-15(14)19/h1-8H,9-11H2.